The molecular formula is C20H27FIN3O3. The first-order chi connectivity index (χ1) is 13.0. The minimum Gasteiger partial charge on any atom is -0.504 e. The van der Waals surface area contributed by atoms with E-state index in [1.54, 1.807) is 30.3 Å². The van der Waals surface area contributed by atoms with Crippen LogP contribution in [0.15, 0.2) is 41.4 Å². The number of hydrogen-bond donors (Lipinski definition) is 3. The number of rotatable bonds is 7. The van der Waals surface area contributed by atoms with E-state index >= 15 is 0 Å². The first-order valence-corrected chi connectivity index (χ1v) is 8.73. The predicted octanol–water partition coefficient (Wildman–Crippen LogP) is 3.98. The van der Waals surface area contributed by atoms with Gasteiger partial charge in [0.15, 0.2) is 29.0 Å². The van der Waals surface area contributed by atoms with Crippen molar-refractivity contribution in [2.75, 3.05) is 20.8 Å². The summed E-state index contributed by atoms with van der Waals surface area (Å²) in [6.07, 6.45) is 0. The van der Waals surface area contributed by atoms with E-state index in [0.29, 0.717) is 23.8 Å². The lowest BCUT2D eigenvalue weighted by atomic mass is 10.1. The maximum absolute atomic E-state index is 13.9. The summed E-state index contributed by atoms with van der Waals surface area (Å²) < 4.78 is 24.0. The summed E-state index contributed by atoms with van der Waals surface area (Å²) in [5.74, 6) is 0.836. The molecule has 0 radical (unpaired) electrons. The van der Waals surface area contributed by atoms with Crippen molar-refractivity contribution in [1.82, 2.24) is 10.6 Å². The second kappa shape index (κ2) is 11.6. The van der Waals surface area contributed by atoms with Crippen molar-refractivity contribution in [3.8, 4) is 17.2 Å². The first-order valence-electron chi connectivity index (χ1n) is 8.73. The average molecular weight is 503 g/mol. The zero-order valence-corrected chi connectivity index (χ0v) is 18.8. The van der Waals surface area contributed by atoms with E-state index in [0.717, 1.165) is 5.56 Å². The minimum absolute atomic E-state index is 0. The van der Waals surface area contributed by atoms with Gasteiger partial charge in [0.2, 0.25) is 0 Å². The van der Waals surface area contributed by atoms with E-state index in [1.165, 1.54) is 20.3 Å². The van der Waals surface area contributed by atoms with Crippen LogP contribution >= 0.6 is 24.0 Å². The Kier molecular flexibility index (Phi) is 9.84. The summed E-state index contributed by atoms with van der Waals surface area (Å²) in [4.78, 5) is 4.50. The van der Waals surface area contributed by atoms with Crippen LogP contribution in [-0.2, 0) is 6.54 Å². The number of benzene rings is 2. The molecule has 2 aromatic carbocycles. The maximum Gasteiger partial charge on any atom is 0.192 e. The molecule has 0 aliphatic carbocycles. The quantitative estimate of drug-likeness (QED) is 0.303. The van der Waals surface area contributed by atoms with E-state index in [4.69, 9.17) is 9.47 Å². The number of methoxy groups -OCH3 is 2. The third-order valence-corrected chi connectivity index (χ3v) is 4.08. The van der Waals surface area contributed by atoms with Crippen LogP contribution in [0.2, 0.25) is 0 Å². The van der Waals surface area contributed by atoms with E-state index in [1.807, 2.05) is 13.8 Å². The van der Waals surface area contributed by atoms with Gasteiger partial charge in [0, 0.05) is 12.1 Å². The summed E-state index contributed by atoms with van der Waals surface area (Å²) in [5.41, 5.74) is 1.41. The number of ether oxygens (including phenoxy) is 2. The molecule has 28 heavy (non-hydrogen) atoms. The summed E-state index contributed by atoms with van der Waals surface area (Å²) in [6.45, 7) is 4.80. The lowest BCUT2D eigenvalue weighted by Crippen LogP contribution is -2.38. The molecule has 154 valence electrons. The Labute approximate surface area is 182 Å². The number of hydrogen-bond acceptors (Lipinski definition) is 4. The van der Waals surface area contributed by atoms with Crippen LogP contribution in [-0.4, -0.2) is 31.8 Å². The van der Waals surface area contributed by atoms with Gasteiger partial charge >= 0.3 is 0 Å². The standard InChI is InChI=1S/C20H26FN3O3.HI/c1-5-22-20(23-12-15-7-6-8-18(27-4)19(15)25)24-13(2)14-9-10-17(26-3)16(21)11-14;/h6-11,13,25H,5,12H2,1-4H3,(H2,22,23,24);1H. The molecule has 0 amide bonds. The second-order valence-corrected chi connectivity index (χ2v) is 5.92. The van der Waals surface area contributed by atoms with Crippen LogP contribution in [0.25, 0.3) is 0 Å². The maximum atomic E-state index is 13.9. The van der Waals surface area contributed by atoms with Crippen LogP contribution in [0.3, 0.4) is 0 Å². The summed E-state index contributed by atoms with van der Waals surface area (Å²) in [6, 6.07) is 9.93. The smallest absolute Gasteiger partial charge is 0.192 e. The van der Waals surface area contributed by atoms with E-state index in [9.17, 15) is 9.50 Å². The highest BCUT2D eigenvalue weighted by Crippen LogP contribution is 2.29. The molecular weight excluding hydrogens is 476 g/mol. The summed E-state index contributed by atoms with van der Waals surface area (Å²) in [7, 11) is 2.94. The minimum atomic E-state index is -0.410. The molecule has 0 heterocycles. The third-order valence-electron chi connectivity index (χ3n) is 4.08. The van der Waals surface area contributed by atoms with Crippen molar-refractivity contribution >= 4 is 29.9 Å². The Balaban J connectivity index is 0.00000392. The molecule has 0 aromatic heterocycles. The molecule has 0 aliphatic heterocycles. The number of phenolic OH excluding ortho intramolecular Hbond substituents is 1. The van der Waals surface area contributed by atoms with Crippen molar-refractivity contribution in [2.45, 2.75) is 26.4 Å². The van der Waals surface area contributed by atoms with Gasteiger partial charge in [-0.05, 0) is 37.6 Å². The number of para-hydroxylation sites is 1. The lowest BCUT2D eigenvalue weighted by Gasteiger charge is -2.19. The van der Waals surface area contributed by atoms with Crippen molar-refractivity contribution in [1.29, 1.82) is 0 Å². The van der Waals surface area contributed by atoms with Gasteiger partial charge in [0.25, 0.3) is 0 Å². The number of aliphatic imine (C=N–C) groups is 1. The fraction of sp³-hybridized carbons (Fsp3) is 0.350. The van der Waals surface area contributed by atoms with Gasteiger partial charge in [-0.2, -0.15) is 0 Å². The van der Waals surface area contributed by atoms with E-state index < -0.39 is 5.82 Å². The van der Waals surface area contributed by atoms with Gasteiger partial charge in [-0.25, -0.2) is 9.38 Å². The molecule has 0 aliphatic rings. The van der Waals surface area contributed by atoms with Crippen LogP contribution < -0.4 is 20.1 Å². The average Bonchev–Trinajstić information content (AvgIpc) is 2.67. The number of phenols is 1. The molecule has 6 nitrogen and oxygen atoms in total. The van der Waals surface area contributed by atoms with Gasteiger partial charge in [-0.1, -0.05) is 18.2 Å². The fourth-order valence-corrected chi connectivity index (χ4v) is 2.58. The largest absolute Gasteiger partial charge is 0.504 e. The van der Waals surface area contributed by atoms with Gasteiger partial charge < -0.3 is 25.2 Å². The van der Waals surface area contributed by atoms with Crippen molar-refractivity contribution in [2.24, 2.45) is 4.99 Å². The molecule has 2 aromatic rings. The fourth-order valence-electron chi connectivity index (χ4n) is 2.58. The Hall–Kier alpha value is -2.23. The van der Waals surface area contributed by atoms with Crippen LogP contribution in [0, 0.1) is 5.82 Å². The zero-order chi connectivity index (χ0) is 19.8. The number of nitrogens with zero attached hydrogens (tertiary/aromatic N) is 1. The number of guanidine groups is 1. The molecule has 0 spiro atoms. The highest BCUT2D eigenvalue weighted by Gasteiger charge is 2.12. The Morgan fingerprint density at radius 3 is 2.50 bits per heavy atom. The molecule has 0 saturated heterocycles. The molecule has 1 atom stereocenters. The van der Waals surface area contributed by atoms with Crippen LogP contribution in [0.4, 0.5) is 4.39 Å². The Bertz CT molecular complexity index is 802. The van der Waals surface area contributed by atoms with Crippen molar-refractivity contribution in [3.63, 3.8) is 0 Å². The number of nitrogens with one attached hydrogen (secondary N) is 2. The molecule has 2 rings (SSSR count). The van der Waals surface area contributed by atoms with Crippen LogP contribution in [0.5, 0.6) is 17.2 Å². The molecule has 0 fully saturated rings. The van der Waals surface area contributed by atoms with E-state index in [-0.39, 0.29) is 48.1 Å². The van der Waals surface area contributed by atoms with Crippen LogP contribution in [0.1, 0.15) is 31.0 Å². The molecule has 0 bridgehead atoms. The van der Waals surface area contributed by atoms with Gasteiger partial charge in [-0.15, -0.1) is 24.0 Å². The molecule has 8 heteroatoms. The SMILES string of the molecule is CCNC(=NCc1cccc(OC)c1O)NC(C)c1ccc(OC)c(F)c1.I. The highest BCUT2D eigenvalue weighted by molar-refractivity contribution is 14.0. The molecule has 1 unspecified atom stereocenters. The Morgan fingerprint density at radius 2 is 1.89 bits per heavy atom. The van der Waals surface area contributed by atoms with Crippen molar-refractivity contribution in [3.05, 3.63) is 53.3 Å². The predicted molar refractivity (Wildman–Crippen MR) is 119 cm³/mol. The van der Waals surface area contributed by atoms with Gasteiger partial charge in [0.05, 0.1) is 26.8 Å². The lowest BCUT2D eigenvalue weighted by molar-refractivity contribution is 0.370. The molecule has 0 saturated carbocycles. The number of aromatic hydroxyl groups is 1. The monoisotopic (exact) mass is 503 g/mol. The van der Waals surface area contributed by atoms with Crippen molar-refractivity contribution < 1.29 is 19.0 Å². The summed E-state index contributed by atoms with van der Waals surface area (Å²) >= 11 is 0. The zero-order valence-electron chi connectivity index (χ0n) is 16.5. The topological polar surface area (TPSA) is 75.1 Å². The second-order valence-electron chi connectivity index (χ2n) is 5.92. The molecule has 3 N–H and O–H groups in total. The Morgan fingerprint density at radius 1 is 1.18 bits per heavy atom. The first kappa shape index (κ1) is 23.8. The number of halogens is 2. The highest BCUT2D eigenvalue weighted by atomic mass is 127. The van der Waals surface area contributed by atoms with Gasteiger partial charge in [0.1, 0.15) is 0 Å². The summed E-state index contributed by atoms with van der Waals surface area (Å²) in [5, 5.41) is 16.6. The third kappa shape index (κ3) is 6.15. The van der Waals surface area contributed by atoms with E-state index in [2.05, 4.69) is 15.6 Å². The van der Waals surface area contributed by atoms with Gasteiger partial charge in [-0.3, -0.25) is 0 Å². The normalized spacial score (nSPS) is 12.0.